The van der Waals surface area contributed by atoms with Crippen molar-refractivity contribution >= 4 is 38.7 Å². The molecule has 0 aromatic heterocycles. The smallest absolute Gasteiger partial charge is 0.257 e. The number of nitrogens with zero attached hydrogens (tertiary/aromatic N) is 2. The van der Waals surface area contributed by atoms with E-state index < -0.39 is 16.6 Å². The average Bonchev–Trinajstić information content (AvgIpc) is 3.27. The predicted molar refractivity (Wildman–Crippen MR) is 156 cm³/mol. The van der Waals surface area contributed by atoms with E-state index in [1.807, 2.05) is 12.1 Å². The fraction of sp³-hybridized carbons (Fsp3) is 0.567. The van der Waals surface area contributed by atoms with Crippen LogP contribution in [0.15, 0.2) is 36.4 Å². The van der Waals surface area contributed by atoms with Gasteiger partial charge < -0.3 is 20.2 Å². The van der Waals surface area contributed by atoms with Crippen LogP contribution in [0.25, 0.3) is 0 Å². The van der Waals surface area contributed by atoms with Crippen LogP contribution in [0.2, 0.25) is 0 Å². The number of sulfonamides is 1. The van der Waals surface area contributed by atoms with Gasteiger partial charge in [-0.2, -0.15) is 0 Å². The Hall–Kier alpha value is -2.78. The zero-order valence-corrected chi connectivity index (χ0v) is 23.4. The quantitative estimate of drug-likeness (QED) is 0.420. The molecule has 1 saturated heterocycles. The lowest BCUT2D eigenvalue weighted by atomic mass is 9.93. The number of fused-ring (bicyclic) bond motifs is 1. The van der Waals surface area contributed by atoms with Crippen molar-refractivity contribution in [3.8, 4) is 0 Å². The molecule has 1 spiro atoms. The molecule has 0 radical (unpaired) electrons. The molecule has 3 fully saturated rings. The summed E-state index contributed by atoms with van der Waals surface area (Å²) in [5.74, 6) is 0.224. The van der Waals surface area contributed by atoms with E-state index in [-0.39, 0.29) is 11.7 Å². The molecule has 9 heteroatoms. The zero-order valence-electron chi connectivity index (χ0n) is 22.6. The third-order valence-corrected chi connectivity index (χ3v) is 10.6. The van der Waals surface area contributed by atoms with E-state index in [0.29, 0.717) is 16.7 Å². The van der Waals surface area contributed by atoms with Crippen LogP contribution >= 0.6 is 0 Å². The Kier molecular flexibility index (Phi) is 7.22. The predicted octanol–water partition coefficient (Wildman–Crippen LogP) is 4.61. The number of hydrogen-bond donors (Lipinski definition) is 3. The number of carbonyl (C=O) groups excluding carboxylic acids is 1. The molecule has 210 valence electrons. The Morgan fingerprint density at radius 2 is 1.77 bits per heavy atom. The molecule has 2 aliphatic heterocycles. The van der Waals surface area contributed by atoms with Crippen molar-refractivity contribution in [3.63, 3.8) is 0 Å². The van der Waals surface area contributed by atoms with Crippen molar-refractivity contribution < 1.29 is 18.3 Å². The molecule has 1 amide bonds. The Labute approximate surface area is 231 Å². The molecule has 2 heterocycles. The highest BCUT2D eigenvalue weighted by Crippen LogP contribution is 2.54. The minimum Gasteiger partial charge on any atom is -0.395 e. The maximum atomic E-state index is 13.8. The van der Waals surface area contributed by atoms with Crippen LogP contribution in [-0.2, 0) is 16.4 Å². The number of benzene rings is 2. The molecule has 2 saturated carbocycles. The molecule has 2 aromatic rings. The van der Waals surface area contributed by atoms with Gasteiger partial charge in [-0.15, -0.1) is 0 Å². The summed E-state index contributed by atoms with van der Waals surface area (Å²) in [6.45, 7) is 3.34. The number of carbonyl (C=O) groups is 1. The molecule has 8 nitrogen and oxygen atoms in total. The lowest BCUT2D eigenvalue weighted by Crippen LogP contribution is -2.35. The second-order valence-electron chi connectivity index (χ2n) is 12.0. The number of amides is 1. The molecule has 6 rings (SSSR count). The summed E-state index contributed by atoms with van der Waals surface area (Å²) in [5.41, 5.74) is 5.49. The van der Waals surface area contributed by atoms with Gasteiger partial charge in [-0.3, -0.25) is 9.52 Å². The molecule has 0 atom stereocenters. The first kappa shape index (κ1) is 26.4. The van der Waals surface area contributed by atoms with Gasteiger partial charge in [0, 0.05) is 43.1 Å². The third-order valence-electron chi connectivity index (χ3n) is 9.32. The number of hydrogen-bond acceptors (Lipinski definition) is 6. The summed E-state index contributed by atoms with van der Waals surface area (Å²) >= 11 is 0. The van der Waals surface area contributed by atoms with Crippen molar-refractivity contribution in [2.24, 2.45) is 11.3 Å². The van der Waals surface area contributed by atoms with Crippen LogP contribution in [0.4, 0.5) is 22.7 Å². The van der Waals surface area contributed by atoms with Crippen LogP contribution in [0.5, 0.6) is 0 Å². The highest BCUT2D eigenvalue weighted by atomic mass is 32.2. The van der Waals surface area contributed by atoms with Gasteiger partial charge in [0.15, 0.2) is 0 Å². The van der Waals surface area contributed by atoms with Crippen LogP contribution in [0.1, 0.15) is 67.3 Å². The number of nitrogens with one attached hydrogen (secondary N) is 2. The molecule has 0 unspecified atom stereocenters. The molecule has 2 aromatic carbocycles. The number of piperidine rings is 1. The lowest BCUT2D eigenvalue weighted by Gasteiger charge is -2.35. The summed E-state index contributed by atoms with van der Waals surface area (Å²) in [6.07, 6.45) is 11.0. The van der Waals surface area contributed by atoms with E-state index in [0.717, 1.165) is 62.7 Å². The van der Waals surface area contributed by atoms with Gasteiger partial charge in [0.2, 0.25) is 10.0 Å². The third kappa shape index (κ3) is 5.75. The fourth-order valence-corrected chi connectivity index (χ4v) is 7.63. The van der Waals surface area contributed by atoms with Gasteiger partial charge in [0.05, 0.1) is 29.3 Å². The van der Waals surface area contributed by atoms with E-state index in [1.165, 1.54) is 49.8 Å². The minimum absolute atomic E-state index is 0.177. The van der Waals surface area contributed by atoms with Crippen molar-refractivity contribution in [1.29, 1.82) is 0 Å². The van der Waals surface area contributed by atoms with Gasteiger partial charge in [0.25, 0.3) is 5.91 Å². The van der Waals surface area contributed by atoms with Crippen molar-refractivity contribution in [1.82, 2.24) is 0 Å². The van der Waals surface area contributed by atoms with Crippen LogP contribution < -0.4 is 19.8 Å². The maximum Gasteiger partial charge on any atom is 0.257 e. The fourth-order valence-electron chi connectivity index (χ4n) is 6.80. The molecule has 2 aliphatic carbocycles. The molecule has 0 bridgehead atoms. The summed E-state index contributed by atoms with van der Waals surface area (Å²) in [4.78, 5) is 18.5. The summed E-state index contributed by atoms with van der Waals surface area (Å²) < 4.78 is 27.2. The Morgan fingerprint density at radius 3 is 2.49 bits per heavy atom. The first-order valence-corrected chi connectivity index (χ1v) is 16.2. The Bertz CT molecular complexity index is 1320. The zero-order chi connectivity index (χ0) is 27.0. The molecule has 39 heavy (non-hydrogen) atoms. The SMILES string of the molecule is O=C(Nc1cccc2c1CCN2CC1CCCC1)c1ccc(NS(=O)(=O)CCO)cc1N1CCC2(CC1)CC2. The van der Waals surface area contributed by atoms with Crippen LogP contribution in [0.3, 0.4) is 0 Å². The van der Waals surface area contributed by atoms with E-state index >= 15 is 0 Å². The van der Waals surface area contributed by atoms with Gasteiger partial charge >= 0.3 is 0 Å². The largest absolute Gasteiger partial charge is 0.395 e. The van der Waals surface area contributed by atoms with E-state index in [9.17, 15) is 13.2 Å². The van der Waals surface area contributed by atoms with Crippen LogP contribution in [0, 0.1) is 11.3 Å². The van der Waals surface area contributed by atoms with Gasteiger partial charge in [-0.1, -0.05) is 18.9 Å². The normalized spacial score (nSPS) is 20.3. The summed E-state index contributed by atoms with van der Waals surface area (Å²) in [6, 6.07) is 11.3. The first-order chi connectivity index (χ1) is 18.8. The second kappa shape index (κ2) is 10.7. The topological polar surface area (TPSA) is 102 Å². The van der Waals surface area contributed by atoms with Gasteiger partial charge in [0.1, 0.15) is 0 Å². The Morgan fingerprint density at radius 1 is 1.00 bits per heavy atom. The van der Waals surface area contributed by atoms with E-state index in [1.54, 1.807) is 18.2 Å². The van der Waals surface area contributed by atoms with Crippen molar-refractivity contribution in [2.45, 2.75) is 57.8 Å². The minimum atomic E-state index is -3.67. The number of anilines is 4. The monoisotopic (exact) mass is 552 g/mol. The van der Waals surface area contributed by atoms with Gasteiger partial charge in [-0.05, 0) is 86.6 Å². The number of rotatable bonds is 9. The van der Waals surface area contributed by atoms with Crippen LogP contribution in [-0.4, -0.2) is 58.0 Å². The highest BCUT2D eigenvalue weighted by molar-refractivity contribution is 7.92. The summed E-state index contributed by atoms with van der Waals surface area (Å²) in [5, 5.41) is 12.3. The standard InChI is InChI=1S/C30H40N4O4S/c35-18-19-39(37,38)32-23-8-9-25(28(20-23)33-16-13-30(11-12-30)14-17-33)29(36)31-26-6-3-7-27-24(26)10-15-34(27)21-22-4-1-2-5-22/h3,6-9,20,22,32,35H,1-2,4-5,10-19,21H2,(H,31,36). The molecule has 3 N–H and O–H groups in total. The number of aliphatic hydroxyl groups excluding tert-OH is 1. The van der Waals surface area contributed by atoms with E-state index in [4.69, 9.17) is 5.11 Å². The highest BCUT2D eigenvalue weighted by Gasteiger charge is 2.44. The molecule has 4 aliphatic rings. The molecular weight excluding hydrogens is 512 g/mol. The Balaban J connectivity index is 1.24. The van der Waals surface area contributed by atoms with E-state index in [2.05, 4.69) is 25.9 Å². The summed E-state index contributed by atoms with van der Waals surface area (Å²) in [7, 11) is -3.67. The van der Waals surface area contributed by atoms with Gasteiger partial charge in [-0.25, -0.2) is 8.42 Å². The van der Waals surface area contributed by atoms with Crippen molar-refractivity contribution in [3.05, 3.63) is 47.5 Å². The average molecular weight is 553 g/mol. The lowest BCUT2D eigenvalue weighted by molar-refractivity contribution is 0.102. The second-order valence-corrected chi connectivity index (χ2v) is 13.8. The molecular formula is C30H40N4O4S. The van der Waals surface area contributed by atoms with Crippen molar-refractivity contribution in [2.75, 3.05) is 58.4 Å². The maximum absolute atomic E-state index is 13.8. The first-order valence-electron chi connectivity index (χ1n) is 14.5. The number of aliphatic hydroxyl groups is 1.